The van der Waals surface area contributed by atoms with Gasteiger partial charge in [0.05, 0.1) is 4.90 Å². The van der Waals surface area contributed by atoms with E-state index in [1.165, 1.54) is 23.6 Å². The third-order valence-electron chi connectivity index (χ3n) is 2.24. The van der Waals surface area contributed by atoms with Crippen molar-refractivity contribution < 1.29 is 8.42 Å². The van der Waals surface area contributed by atoms with Gasteiger partial charge in [-0.15, -0.1) is 11.3 Å². The Kier molecular flexibility index (Phi) is 3.14. The van der Waals surface area contributed by atoms with Crippen LogP contribution >= 0.6 is 11.3 Å². The minimum absolute atomic E-state index is 0.192. The maximum Gasteiger partial charge on any atom is 0.279 e. The Hall–Kier alpha value is -1.44. The summed E-state index contributed by atoms with van der Waals surface area (Å²) < 4.78 is 25.1. The molecule has 2 aromatic rings. The van der Waals surface area contributed by atoms with Gasteiger partial charge in [-0.05, 0) is 18.6 Å². The first-order chi connectivity index (χ1) is 8.03. The third-order valence-corrected chi connectivity index (χ3v) is 4.83. The number of hydrazine groups is 1. The fourth-order valence-electron chi connectivity index (χ4n) is 1.38. The van der Waals surface area contributed by atoms with Gasteiger partial charge in [-0.25, -0.2) is 10.8 Å². The molecule has 2 rings (SSSR count). The molecule has 0 bridgehead atoms. The monoisotopic (exact) mass is 269 g/mol. The van der Waals surface area contributed by atoms with Crippen molar-refractivity contribution in [2.24, 2.45) is 5.84 Å². The van der Waals surface area contributed by atoms with E-state index < -0.39 is 10.0 Å². The van der Waals surface area contributed by atoms with Crippen LogP contribution in [0.3, 0.4) is 0 Å². The first kappa shape index (κ1) is 12.0. The largest absolute Gasteiger partial charge is 0.279 e. The van der Waals surface area contributed by atoms with Crippen LogP contribution in [0.4, 0.5) is 5.13 Å². The molecule has 7 heteroatoms. The summed E-state index contributed by atoms with van der Waals surface area (Å²) in [6.07, 6.45) is 1.51. The highest BCUT2D eigenvalue weighted by Crippen LogP contribution is 2.23. The zero-order chi connectivity index (χ0) is 12.5. The molecule has 0 radical (unpaired) electrons. The van der Waals surface area contributed by atoms with E-state index in [9.17, 15) is 8.42 Å². The van der Waals surface area contributed by atoms with E-state index in [1.54, 1.807) is 30.5 Å². The molecule has 0 aliphatic heterocycles. The maximum atomic E-state index is 12.2. The van der Waals surface area contributed by atoms with Crippen molar-refractivity contribution in [3.63, 3.8) is 0 Å². The molecule has 0 saturated heterocycles. The molecule has 0 saturated carbocycles. The minimum atomic E-state index is -3.73. The predicted molar refractivity (Wildman–Crippen MR) is 67.1 cm³/mol. The van der Waals surface area contributed by atoms with Crippen LogP contribution in [-0.2, 0) is 10.0 Å². The van der Waals surface area contributed by atoms with E-state index in [0.29, 0.717) is 9.98 Å². The highest BCUT2D eigenvalue weighted by molar-refractivity contribution is 7.93. The van der Waals surface area contributed by atoms with Gasteiger partial charge in [0.25, 0.3) is 10.0 Å². The standard InChI is InChI=1S/C10H11N3O2S2/c1-8-4-2-3-5-9(8)17(14,15)13(11)10-12-6-7-16-10/h2-7H,11H2,1H3. The number of nitrogens with zero attached hydrogens (tertiary/aromatic N) is 2. The molecule has 2 N–H and O–H groups in total. The summed E-state index contributed by atoms with van der Waals surface area (Å²) in [6.45, 7) is 1.72. The summed E-state index contributed by atoms with van der Waals surface area (Å²) in [5, 5.41) is 1.91. The average Bonchev–Trinajstić information content (AvgIpc) is 2.81. The first-order valence-electron chi connectivity index (χ1n) is 4.78. The Morgan fingerprint density at radius 1 is 1.35 bits per heavy atom. The van der Waals surface area contributed by atoms with Gasteiger partial charge in [-0.1, -0.05) is 18.2 Å². The molecule has 1 heterocycles. The van der Waals surface area contributed by atoms with Crippen LogP contribution in [0.2, 0.25) is 0 Å². The summed E-state index contributed by atoms with van der Waals surface area (Å²) in [5.41, 5.74) is 0.652. The Balaban J connectivity index is 2.48. The van der Waals surface area contributed by atoms with E-state index >= 15 is 0 Å². The fraction of sp³-hybridized carbons (Fsp3) is 0.100. The molecule has 90 valence electrons. The van der Waals surface area contributed by atoms with Crippen molar-refractivity contribution in [3.05, 3.63) is 41.4 Å². The van der Waals surface area contributed by atoms with Gasteiger partial charge in [0.1, 0.15) is 0 Å². The van der Waals surface area contributed by atoms with Crippen molar-refractivity contribution in [2.45, 2.75) is 11.8 Å². The van der Waals surface area contributed by atoms with Crippen LogP contribution in [0.1, 0.15) is 5.56 Å². The third kappa shape index (κ3) is 2.17. The van der Waals surface area contributed by atoms with Gasteiger partial charge in [-0.3, -0.25) is 0 Å². The predicted octanol–water partition coefficient (Wildman–Crippen LogP) is 1.52. The summed E-state index contributed by atoms with van der Waals surface area (Å²) in [5.74, 6) is 5.61. The molecule has 0 atom stereocenters. The van der Waals surface area contributed by atoms with Crippen LogP contribution in [0.15, 0.2) is 40.7 Å². The van der Waals surface area contributed by atoms with E-state index in [4.69, 9.17) is 5.84 Å². The van der Waals surface area contributed by atoms with Crippen molar-refractivity contribution >= 4 is 26.5 Å². The number of aromatic nitrogens is 1. The smallest absolute Gasteiger partial charge is 0.231 e. The van der Waals surface area contributed by atoms with E-state index in [0.717, 1.165) is 0 Å². The van der Waals surface area contributed by atoms with E-state index in [2.05, 4.69) is 4.98 Å². The lowest BCUT2D eigenvalue weighted by molar-refractivity contribution is 0.591. The highest BCUT2D eigenvalue weighted by Gasteiger charge is 2.25. The first-order valence-corrected chi connectivity index (χ1v) is 7.10. The molecule has 0 fully saturated rings. The quantitative estimate of drug-likeness (QED) is 0.677. The van der Waals surface area contributed by atoms with Crippen molar-refractivity contribution in [3.8, 4) is 0 Å². The molecular weight excluding hydrogens is 258 g/mol. The summed E-state index contributed by atoms with van der Waals surface area (Å²) in [6, 6.07) is 6.69. The van der Waals surface area contributed by atoms with Crippen LogP contribution in [0, 0.1) is 6.92 Å². The molecule has 0 amide bonds. The number of rotatable bonds is 3. The number of hydrogen-bond acceptors (Lipinski definition) is 5. The topological polar surface area (TPSA) is 76.3 Å². The van der Waals surface area contributed by atoms with Crippen LogP contribution in [0.25, 0.3) is 0 Å². The summed E-state index contributed by atoms with van der Waals surface area (Å²) in [4.78, 5) is 4.07. The van der Waals surface area contributed by atoms with Crippen molar-refractivity contribution in [1.29, 1.82) is 0 Å². The van der Waals surface area contributed by atoms with Crippen molar-refractivity contribution in [1.82, 2.24) is 4.98 Å². The number of sulfonamides is 1. The maximum absolute atomic E-state index is 12.2. The lowest BCUT2D eigenvalue weighted by Gasteiger charge is -2.16. The molecule has 17 heavy (non-hydrogen) atoms. The summed E-state index contributed by atoms with van der Waals surface area (Å²) >= 11 is 1.17. The Bertz CT molecular complexity index is 608. The van der Waals surface area contributed by atoms with Gasteiger partial charge in [0.15, 0.2) is 0 Å². The second-order valence-electron chi connectivity index (χ2n) is 3.38. The second-order valence-corrected chi connectivity index (χ2v) is 6.04. The van der Waals surface area contributed by atoms with Gasteiger partial charge >= 0.3 is 0 Å². The Labute approximate surface area is 104 Å². The normalized spacial score (nSPS) is 11.4. The summed E-state index contributed by atoms with van der Waals surface area (Å²) in [7, 11) is -3.73. The zero-order valence-corrected chi connectivity index (χ0v) is 10.7. The number of benzene rings is 1. The zero-order valence-electron chi connectivity index (χ0n) is 9.07. The molecule has 1 aromatic carbocycles. The van der Waals surface area contributed by atoms with Gasteiger partial charge in [0, 0.05) is 11.6 Å². The lowest BCUT2D eigenvalue weighted by Crippen LogP contribution is -2.37. The molecule has 0 aliphatic carbocycles. The van der Waals surface area contributed by atoms with Gasteiger partial charge in [-0.2, -0.15) is 12.8 Å². The second kappa shape index (κ2) is 4.44. The van der Waals surface area contributed by atoms with Gasteiger partial charge in [0.2, 0.25) is 5.13 Å². The van der Waals surface area contributed by atoms with Crippen LogP contribution in [0.5, 0.6) is 0 Å². The lowest BCUT2D eigenvalue weighted by atomic mass is 10.2. The molecule has 0 aliphatic rings. The number of aryl methyl sites for hydroxylation is 1. The SMILES string of the molecule is Cc1ccccc1S(=O)(=O)N(N)c1nccs1. The number of nitrogens with two attached hydrogens (primary N) is 1. The average molecular weight is 269 g/mol. The minimum Gasteiger partial charge on any atom is -0.231 e. The molecule has 1 aromatic heterocycles. The molecule has 0 unspecified atom stereocenters. The Morgan fingerprint density at radius 2 is 2.06 bits per heavy atom. The van der Waals surface area contributed by atoms with E-state index in [1.807, 2.05) is 0 Å². The Morgan fingerprint density at radius 3 is 2.65 bits per heavy atom. The molecular formula is C10H11N3O2S2. The van der Waals surface area contributed by atoms with E-state index in [-0.39, 0.29) is 10.0 Å². The number of anilines is 1. The molecule has 5 nitrogen and oxygen atoms in total. The fourth-order valence-corrected chi connectivity index (χ4v) is 3.46. The highest BCUT2D eigenvalue weighted by atomic mass is 32.2. The van der Waals surface area contributed by atoms with Crippen molar-refractivity contribution in [2.75, 3.05) is 4.41 Å². The number of thiazole rings is 1. The van der Waals surface area contributed by atoms with Crippen LogP contribution in [-0.4, -0.2) is 13.4 Å². The van der Waals surface area contributed by atoms with Crippen LogP contribution < -0.4 is 10.3 Å². The number of hydrogen-bond donors (Lipinski definition) is 1. The molecule has 0 spiro atoms. The van der Waals surface area contributed by atoms with Gasteiger partial charge < -0.3 is 0 Å².